The van der Waals surface area contributed by atoms with Gasteiger partial charge in [-0.15, -0.1) is 0 Å². The first-order valence-corrected chi connectivity index (χ1v) is 9.70. The number of ether oxygens (including phenoxy) is 3. The highest BCUT2D eigenvalue weighted by Crippen LogP contribution is 2.28. The minimum atomic E-state index is -0.0715. The number of nitrogens with one attached hydrogen (secondary N) is 1. The van der Waals surface area contributed by atoms with E-state index < -0.39 is 0 Å². The SMILES string of the molecule is CCCOc1ncccc1CNC(=O)CCCOc1ccc(C(C)=O)cc1OC. The van der Waals surface area contributed by atoms with Crippen LogP contribution < -0.4 is 19.5 Å². The molecule has 0 atom stereocenters. The lowest BCUT2D eigenvalue weighted by molar-refractivity contribution is -0.121. The van der Waals surface area contributed by atoms with E-state index in [0.717, 1.165) is 12.0 Å². The van der Waals surface area contributed by atoms with Crippen LogP contribution in [0.4, 0.5) is 0 Å². The summed E-state index contributed by atoms with van der Waals surface area (Å²) in [7, 11) is 1.52. The number of benzene rings is 1. The van der Waals surface area contributed by atoms with E-state index in [4.69, 9.17) is 14.2 Å². The molecule has 156 valence electrons. The van der Waals surface area contributed by atoms with Gasteiger partial charge in [0.25, 0.3) is 0 Å². The Hall–Kier alpha value is -3.09. The van der Waals surface area contributed by atoms with Crippen molar-refractivity contribution in [3.63, 3.8) is 0 Å². The highest BCUT2D eigenvalue weighted by Gasteiger charge is 2.10. The Bertz CT molecular complexity index is 823. The van der Waals surface area contributed by atoms with Gasteiger partial charge in [-0.1, -0.05) is 13.0 Å². The van der Waals surface area contributed by atoms with Crippen LogP contribution in [-0.4, -0.2) is 37.0 Å². The molecule has 0 radical (unpaired) electrons. The fourth-order valence-electron chi connectivity index (χ4n) is 2.59. The monoisotopic (exact) mass is 400 g/mol. The molecular formula is C22H28N2O5. The zero-order chi connectivity index (χ0) is 21.1. The van der Waals surface area contributed by atoms with E-state index in [2.05, 4.69) is 10.3 Å². The third kappa shape index (κ3) is 7.10. The van der Waals surface area contributed by atoms with Gasteiger partial charge in [0.1, 0.15) is 0 Å². The Kier molecular flexibility index (Phi) is 8.95. The lowest BCUT2D eigenvalue weighted by atomic mass is 10.1. The molecule has 0 saturated heterocycles. The molecule has 7 nitrogen and oxygen atoms in total. The molecule has 0 aliphatic heterocycles. The van der Waals surface area contributed by atoms with Gasteiger partial charge in [-0.05, 0) is 44.0 Å². The average molecular weight is 400 g/mol. The van der Waals surface area contributed by atoms with Gasteiger partial charge in [0, 0.05) is 30.3 Å². The average Bonchev–Trinajstić information content (AvgIpc) is 2.74. The molecule has 1 aromatic heterocycles. The highest BCUT2D eigenvalue weighted by atomic mass is 16.5. The van der Waals surface area contributed by atoms with Gasteiger partial charge in [0.2, 0.25) is 11.8 Å². The van der Waals surface area contributed by atoms with Crippen molar-refractivity contribution in [1.29, 1.82) is 0 Å². The van der Waals surface area contributed by atoms with Crippen molar-refractivity contribution in [1.82, 2.24) is 10.3 Å². The Morgan fingerprint density at radius 2 is 1.93 bits per heavy atom. The second-order valence-corrected chi connectivity index (χ2v) is 6.47. The maximum Gasteiger partial charge on any atom is 0.220 e. The molecule has 29 heavy (non-hydrogen) atoms. The number of hydrogen-bond acceptors (Lipinski definition) is 6. The fraction of sp³-hybridized carbons (Fsp3) is 0.409. The summed E-state index contributed by atoms with van der Waals surface area (Å²) >= 11 is 0. The number of methoxy groups -OCH3 is 1. The van der Waals surface area contributed by atoms with E-state index >= 15 is 0 Å². The maximum atomic E-state index is 12.1. The van der Waals surface area contributed by atoms with E-state index in [1.165, 1.54) is 14.0 Å². The largest absolute Gasteiger partial charge is 0.493 e. The summed E-state index contributed by atoms with van der Waals surface area (Å²) in [5.41, 5.74) is 1.41. The van der Waals surface area contributed by atoms with Gasteiger partial charge in [0.05, 0.1) is 20.3 Å². The first kappa shape index (κ1) is 22.2. The van der Waals surface area contributed by atoms with Crippen LogP contribution in [0.25, 0.3) is 0 Å². The quantitative estimate of drug-likeness (QED) is 0.433. The van der Waals surface area contributed by atoms with Crippen molar-refractivity contribution in [3.05, 3.63) is 47.7 Å². The molecule has 0 spiro atoms. The standard InChI is InChI=1S/C22H28N2O5/c1-4-12-29-22-18(7-5-11-23-22)15-24-21(26)8-6-13-28-19-10-9-17(16(2)25)14-20(19)27-3/h5,7,9-11,14H,4,6,8,12-13,15H2,1-3H3,(H,24,26). The van der Waals surface area contributed by atoms with Crippen LogP contribution in [0.5, 0.6) is 17.4 Å². The Balaban J connectivity index is 1.76. The molecule has 1 heterocycles. The number of nitrogens with zero attached hydrogens (tertiary/aromatic N) is 1. The van der Waals surface area contributed by atoms with Crippen molar-refractivity contribution in [2.75, 3.05) is 20.3 Å². The number of rotatable bonds is 12. The second kappa shape index (κ2) is 11.7. The smallest absolute Gasteiger partial charge is 0.220 e. The predicted octanol–water partition coefficient (Wildman–Crippen LogP) is 3.56. The summed E-state index contributed by atoms with van der Waals surface area (Å²) in [6.07, 6.45) is 3.45. The predicted molar refractivity (Wildman–Crippen MR) is 110 cm³/mol. The number of aromatic nitrogens is 1. The van der Waals surface area contributed by atoms with Gasteiger partial charge < -0.3 is 19.5 Å². The van der Waals surface area contributed by atoms with E-state index in [9.17, 15) is 9.59 Å². The van der Waals surface area contributed by atoms with Crippen LogP contribution in [0, 0.1) is 0 Å². The van der Waals surface area contributed by atoms with Crippen molar-refractivity contribution >= 4 is 11.7 Å². The van der Waals surface area contributed by atoms with Crippen LogP contribution in [0.15, 0.2) is 36.5 Å². The minimum absolute atomic E-state index is 0.0385. The van der Waals surface area contributed by atoms with Crippen LogP contribution in [0.3, 0.4) is 0 Å². The summed E-state index contributed by atoms with van der Waals surface area (Å²) in [4.78, 5) is 27.8. The molecule has 0 fully saturated rings. The van der Waals surface area contributed by atoms with Crippen LogP contribution in [-0.2, 0) is 11.3 Å². The van der Waals surface area contributed by atoms with E-state index in [1.807, 2.05) is 19.1 Å². The molecule has 0 aliphatic rings. The van der Waals surface area contributed by atoms with Crippen molar-refractivity contribution in [3.8, 4) is 17.4 Å². The highest BCUT2D eigenvalue weighted by molar-refractivity contribution is 5.94. The Morgan fingerprint density at radius 1 is 1.10 bits per heavy atom. The summed E-state index contributed by atoms with van der Waals surface area (Å²) in [6.45, 7) is 4.85. The summed E-state index contributed by atoms with van der Waals surface area (Å²) < 4.78 is 16.6. The Labute approximate surface area is 171 Å². The van der Waals surface area contributed by atoms with Gasteiger partial charge in [0.15, 0.2) is 17.3 Å². The third-order valence-electron chi connectivity index (χ3n) is 4.14. The van der Waals surface area contributed by atoms with Gasteiger partial charge in [-0.3, -0.25) is 9.59 Å². The fourth-order valence-corrected chi connectivity index (χ4v) is 2.59. The summed E-state index contributed by atoms with van der Waals surface area (Å²) in [6, 6.07) is 8.75. The van der Waals surface area contributed by atoms with Gasteiger partial charge >= 0.3 is 0 Å². The molecule has 1 N–H and O–H groups in total. The molecule has 7 heteroatoms. The number of pyridine rings is 1. The zero-order valence-electron chi connectivity index (χ0n) is 17.2. The normalized spacial score (nSPS) is 10.3. The molecule has 2 aromatic rings. The van der Waals surface area contributed by atoms with Crippen LogP contribution in [0.2, 0.25) is 0 Å². The van der Waals surface area contributed by atoms with Crippen LogP contribution >= 0.6 is 0 Å². The number of ketones is 1. The van der Waals surface area contributed by atoms with Crippen molar-refractivity contribution in [2.45, 2.75) is 39.7 Å². The lowest BCUT2D eigenvalue weighted by Crippen LogP contribution is -2.23. The number of Topliss-reactive ketones (excluding diaryl/α,β-unsaturated/α-hetero) is 1. The van der Waals surface area contributed by atoms with Gasteiger partial charge in [-0.25, -0.2) is 4.98 Å². The van der Waals surface area contributed by atoms with Crippen molar-refractivity contribution in [2.24, 2.45) is 0 Å². The summed E-state index contributed by atoms with van der Waals surface area (Å²) in [5.74, 6) is 1.49. The molecule has 1 amide bonds. The Morgan fingerprint density at radius 3 is 2.66 bits per heavy atom. The molecular weight excluding hydrogens is 372 g/mol. The first-order valence-electron chi connectivity index (χ1n) is 9.70. The molecule has 2 rings (SSSR count). The molecule has 0 bridgehead atoms. The summed E-state index contributed by atoms with van der Waals surface area (Å²) in [5, 5.41) is 2.88. The van der Waals surface area contributed by atoms with E-state index in [1.54, 1.807) is 24.4 Å². The molecule has 0 unspecified atom stereocenters. The van der Waals surface area contributed by atoms with E-state index in [-0.39, 0.29) is 11.7 Å². The first-order chi connectivity index (χ1) is 14.0. The second-order valence-electron chi connectivity index (χ2n) is 6.47. The van der Waals surface area contributed by atoms with E-state index in [0.29, 0.717) is 55.5 Å². The molecule has 0 aliphatic carbocycles. The number of carbonyl (C=O) groups is 2. The number of amides is 1. The topological polar surface area (TPSA) is 86.8 Å². The number of carbonyl (C=O) groups excluding carboxylic acids is 2. The zero-order valence-corrected chi connectivity index (χ0v) is 17.2. The lowest BCUT2D eigenvalue weighted by Gasteiger charge is -2.12. The van der Waals surface area contributed by atoms with Crippen molar-refractivity contribution < 1.29 is 23.8 Å². The third-order valence-corrected chi connectivity index (χ3v) is 4.14. The molecule has 0 saturated carbocycles. The number of hydrogen-bond donors (Lipinski definition) is 1. The molecule has 1 aromatic carbocycles. The minimum Gasteiger partial charge on any atom is -0.493 e. The van der Waals surface area contributed by atoms with Crippen LogP contribution in [0.1, 0.15) is 49.0 Å². The van der Waals surface area contributed by atoms with Gasteiger partial charge in [-0.2, -0.15) is 0 Å². The maximum absolute atomic E-state index is 12.1.